The second-order valence-corrected chi connectivity index (χ2v) is 6.85. The number of nitrogens with zero attached hydrogens (tertiary/aromatic N) is 2. The van der Waals surface area contributed by atoms with Crippen LogP contribution in [0.2, 0.25) is 0 Å². The van der Waals surface area contributed by atoms with Crippen LogP contribution in [0.4, 0.5) is 13.2 Å². The number of alkyl halides is 3. The lowest BCUT2D eigenvalue weighted by molar-refractivity contribution is -0.150. The summed E-state index contributed by atoms with van der Waals surface area (Å²) in [6.07, 6.45) is -3.84. The number of hydrogen-bond donors (Lipinski definition) is 1. The van der Waals surface area contributed by atoms with Crippen molar-refractivity contribution in [3.63, 3.8) is 0 Å². The molecule has 1 aliphatic carbocycles. The van der Waals surface area contributed by atoms with E-state index in [2.05, 4.69) is 4.98 Å². The van der Waals surface area contributed by atoms with Crippen LogP contribution in [0.15, 0.2) is 12.3 Å². The summed E-state index contributed by atoms with van der Waals surface area (Å²) >= 11 is 0. The minimum Gasteiger partial charge on any atom is -0.392 e. The number of amides is 1. The zero-order valence-electron chi connectivity index (χ0n) is 13.8. The molecule has 2 unspecified atom stereocenters. The van der Waals surface area contributed by atoms with Crippen LogP contribution in [0.5, 0.6) is 0 Å². The fraction of sp³-hybridized carbons (Fsp3) is 0.588. The normalized spacial score (nSPS) is 25.0. The molecule has 0 radical (unpaired) electrons. The summed E-state index contributed by atoms with van der Waals surface area (Å²) in [6, 6.07) is 1.02. The van der Waals surface area contributed by atoms with Gasteiger partial charge in [-0.05, 0) is 25.0 Å². The van der Waals surface area contributed by atoms with Crippen LogP contribution in [0.3, 0.4) is 0 Å². The summed E-state index contributed by atoms with van der Waals surface area (Å²) in [6.45, 7) is 1.80. The number of fused-ring (bicyclic) bond motifs is 1. The number of carbonyl (C=O) groups is 2. The predicted molar refractivity (Wildman–Crippen MR) is 81.3 cm³/mol. The van der Waals surface area contributed by atoms with E-state index in [1.54, 1.807) is 0 Å². The molecule has 5 nitrogen and oxygen atoms in total. The van der Waals surface area contributed by atoms with E-state index in [9.17, 15) is 27.9 Å². The van der Waals surface area contributed by atoms with Gasteiger partial charge in [0.25, 0.3) is 0 Å². The number of pyridine rings is 1. The van der Waals surface area contributed by atoms with Gasteiger partial charge in [-0.1, -0.05) is 0 Å². The summed E-state index contributed by atoms with van der Waals surface area (Å²) < 4.78 is 38.6. The molecule has 1 N–H and O–H groups in total. The molecule has 2 aliphatic rings. The van der Waals surface area contributed by atoms with Gasteiger partial charge in [0, 0.05) is 44.2 Å². The predicted octanol–water partition coefficient (Wildman–Crippen LogP) is 2.11. The van der Waals surface area contributed by atoms with Crippen LogP contribution in [0.1, 0.15) is 43.0 Å². The number of ketones is 1. The van der Waals surface area contributed by atoms with Gasteiger partial charge in [-0.15, -0.1) is 0 Å². The van der Waals surface area contributed by atoms with Crippen LogP contribution >= 0.6 is 0 Å². The van der Waals surface area contributed by atoms with Gasteiger partial charge in [0.2, 0.25) is 5.91 Å². The molecule has 2 heterocycles. The van der Waals surface area contributed by atoms with E-state index in [1.165, 1.54) is 11.8 Å². The molecule has 136 valence electrons. The van der Waals surface area contributed by atoms with E-state index < -0.39 is 23.3 Å². The Labute approximate surface area is 142 Å². The summed E-state index contributed by atoms with van der Waals surface area (Å²) in [4.78, 5) is 30.0. The maximum Gasteiger partial charge on any atom is 0.417 e. The Morgan fingerprint density at radius 2 is 2.12 bits per heavy atom. The topological polar surface area (TPSA) is 70.5 Å². The molecular formula is C17H19F3N2O3. The SMILES string of the molecule is CC(O)C1(C(=O)N2CCc3ncc(C(F)(F)F)cc3C2)CCC(=O)C1. The molecule has 1 amide bonds. The maximum absolute atomic E-state index is 13.0. The molecule has 0 bridgehead atoms. The van der Waals surface area contributed by atoms with Crippen LogP contribution in [0, 0.1) is 5.41 Å². The Kier molecular flexibility index (Phi) is 4.35. The molecule has 1 fully saturated rings. The Balaban J connectivity index is 1.86. The van der Waals surface area contributed by atoms with Gasteiger partial charge in [0.15, 0.2) is 0 Å². The summed E-state index contributed by atoms with van der Waals surface area (Å²) in [5.74, 6) is -0.441. The van der Waals surface area contributed by atoms with Gasteiger partial charge >= 0.3 is 6.18 Å². The quantitative estimate of drug-likeness (QED) is 0.881. The number of aromatic nitrogens is 1. The molecule has 8 heteroatoms. The van der Waals surface area contributed by atoms with Crippen molar-refractivity contribution in [1.29, 1.82) is 0 Å². The number of halogens is 3. The molecule has 2 atom stereocenters. The first-order valence-corrected chi connectivity index (χ1v) is 8.17. The minimum atomic E-state index is -4.49. The van der Waals surface area contributed by atoms with E-state index in [-0.39, 0.29) is 37.5 Å². The van der Waals surface area contributed by atoms with Crippen molar-refractivity contribution in [3.8, 4) is 0 Å². The molecule has 3 rings (SSSR count). The second kappa shape index (κ2) is 6.09. The monoisotopic (exact) mass is 356 g/mol. The molecule has 25 heavy (non-hydrogen) atoms. The van der Waals surface area contributed by atoms with Crippen molar-refractivity contribution in [2.75, 3.05) is 6.54 Å². The van der Waals surface area contributed by atoms with Crippen molar-refractivity contribution in [2.45, 2.75) is 51.4 Å². The third-order valence-corrected chi connectivity index (χ3v) is 5.24. The van der Waals surface area contributed by atoms with Gasteiger partial charge in [-0.25, -0.2) is 0 Å². The number of carbonyl (C=O) groups excluding carboxylic acids is 2. The fourth-order valence-corrected chi connectivity index (χ4v) is 3.68. The third kappa shape index (κ3) is 3.15. The van der Waals surface area contributed by atoms with E-state index in [0.717, 1.165) is 12.3 Å². The van der Waals surface area contributed by atoms with Crippen molar-refractivity contribution < 1.29 is 27.9 Å². The van der Waals surface area contributed by atoms with Gasteiger partial charge < -0.3 is 10.0 Å². The van der Waals surface area contributed by atoms with Crippen LogP contribution in [-0.2, 0) is 28.7 Å². The lowest BCUT2D eigenvalue weighted by atomic mass is 9.79. The van der Waals surface area contributed by atoms with Crippen LogP contribution in [-0.4, -0.2) is 39.3 Å². The van der Waals surface area contributed by atoms with E-state index in [1.807, 2.05) is 0 Å². The van der Waals surface area contributed by atoms with Gasteiger partial charge in [-0.3, -0.25) is 14.6 Å². The van der Waals surface area contributed by atoms with Crippen LogP contribution in [0.25, 0.3) is 0 Å². The molecule has 0 aromatic carbocycles. The molecule has 1 aliphatic heterocycles. The highest BCUT2D eigenvalue weighted by atomic mass is 19.4. The molecule has 1 aromatic heterocycles. The average Bonchev–Trinajstić information content (AvgIpc) is 2.95. The maximum atomic E-state index is 13.0. The smallest absolute Gasteiger partial charge is 0.392 e. The Morgan fingerprint density at radius 1 is 1.40 bits per heavy atom. The van der Waals surface area contributed by atoms with Gasteiger partial charge in [0.05, 0.1) is 17.1 Å². The number of aliphatic hydroxyl groups excluding tert-OH is 1. The van der Waals surface area contributed by atoms with E-state index >= 15 is 0 Å². The second-order valence-electron chi connectivity index (χ2n) is 6.85. The first kappa shape index (κ1) is 17.8. The van der Waals surface area contributed by atoms with Gasteiger partial charge in [-0.2, -0.15) is 13.2 Å². The minimum absolute atomic E-state index is 0.00769. The molecule has 1 saturated carbocycles. The van der Waals surface area contributed by atoms with Crippen molar-refractivity contribution >= 4 is 11.7 Å². The number of hydrogen-bond acceptors (Lipinski definition) is 4. The van der Waals surface area contributed by atoms with E-state index in [0.29, 0.717) is 24.2 Å². The molecule has 1 aromatic rings. The lowest BCUT2D eigenvalue weighted by Gasteiger charge is -2.38. The number of rotatable bonds is 2. The van der Waals surface area contributed by atoms with Crippen molar-refractivity contribution in [2.24, 2.45) is 5.41 Å². The third-order valence-electron chi connectivity index (χ3n) is 5.24. The van der Waals surface area contributed by atoms with Gasteiger partial charge in [0.1, 0.15) is 5.78 Å². The number of aliphatic hydroxyl groups is 1. The standard InChI is InChI=1S/C17H19F3N2O3/c1-10(23)16(4-2-13(24)7-16)15(25)22-5-3-14-11(9-22)6-12(8-21-14)17(18,19)20/h6,8,10,23H,2-5,7,9H2,1H3. The highest BCUT2D eigenvalue weighted by Gasteiger charge is 2.50. The van der Waals surface area contributed by atoms with Crippen molar-refractivity contribution in [1.82, 2.24) is 9.88 Å². The van der Waals surface area contributed by atoms with E-state index in [4.69, 9.17) is 0 Å². The number of Topliss-reactive ketones (excluding diaryl/α,β-unsaturated/α-hetero) is 1. The zero-order chi connectivity index (χ0) is 18.4. The summed E-state index contributed by atoms with van der Waals surface area (Å²) in [7, 11) is 0. The summed E-state index contributed by atoms with van der Waals surface area (Å²) in [5, 5.41) is 10.1. The van der Waals surface area contributed by atoms with Crippen molar-refractivity contribution in [3.05, 3.63) is 29.1 Å². The largest absolute Gasteiger partial charge is 0.417 e. The Hall–Kier alpha value is -1.96. The summed E-state index contributed by atoms with van der Waals surface area (Å²) in [5.41, 5.74) is -1.10. The first-order chi connectivity index (χ1) is 11.6. The fourth-order valence-electron chi connectivity index (χ4n) is 3.68. The molecule has 0 saturated heterocycles. The lowest BCUT2D eigenvalue weighted by Crippen LogP contribution is -2.50. The van der Waals surface area contributed by atoms with Crippen LogP contribution < -0.4 is 0 Å². The Morgan fingerprint density at radius 3 is 2.68 bits per heavy atom. The molecule has 0 spiro atoms. The average molecular weight is 356 g/mol. The highest BCUT2D eigenvalue weighted by Crippen LogP contribution is 2.42. The first-order valence-electron chi connectivity index (χ1n) is 8.17. The molecular weight excluding hydrogens is 337 g/mol. The Bertz CT molecular complexity index is 718. The zero-order valence-corrected chi connectivity index (χ0v) is 13.8. The highest BCUT2D eigenvalue weighted by molar-refractivity contribution is 5.93.